The number of carbonyl (C=O) groups excluding carboxylic acids is 2. The number of likely N-dealkylation sites (N-methyl/N-ethyl adjacent to an activating group) is 1. The first kappa shape index (κ1) is 61.5. The van der Waals surface area contributed by atoms with Gasteiger partial charge >= 0.3 is 17.9 Å². The molecule has 0 fully saturated rings. The molecule has 2 unspecified atom stereocenters. The molecule has 0 amide bonds. The van der Waals surface area contributed by atoms with Crippen LogP contribution in [0, 0.1) is 0 Å². The first-order valence-electron chi connectivity index (χ1n) is 27.0. The highest BCUT2D eigenvalue weighted by atomic mass is 16.6. The Kier molecular flexibility index (Phi) is 45.3. The van der Waals surface area contributed by atoms with Crippen LogP contribution in [0.5, 0.6) is 0 Å². The third kappa shape index (κ3) is 44.7. The van der Waals surface area contributed by atoms with Crippen molar-refractivity contribution in [1.29, 1.82) is 0 Å². The molecule has 0 radical (unpaired) electrons. The second-order valence-corrected chi connectivity index (χ2v) is 19.5. The minimum absolute atomic E-state index is 0.0477. The predicted molar refractivity (Wildman–Crippen MR) is 271 cm³/mol. The molecule has 0 saturated carbocycles. The van der Waals surface area contributed by atoms with Crippen LogP contribution in [0.3, 0.4) is 0 Å². The Morgan fingerprint density at radius 3 is 1.30 bits per heavy atom. The van der Waals surface area contributed by atoms with E-state index >= 15 is 0 Å². The minimum Gasteiger partial charge on any atom is -0.477 e. The third-order valence-electron chi connectivity index (χ3n) is 12.3. The number of nitrogens with zero attached hydrogens (tertiary/aromatic N) is 1. The highest BCUT2D eigenvalue weighted by Crippen LogP contribution is 2.17. The highest BCUT2D eigenvalue weighted by Gasteiger charge is 2.31. The number of ether oxygens (including phenoxy) is 3. The van der Waals surface area contributed by atoms with Crippen LogP contribution in [-0.2, 0) is 28.6 Å². The van der Waals surface area contributed by atoms with Gasteiger partial charge in [-0.05, 0) is 44.9 Å². The SMILES string of the molecule is CC/C=C/C/C=C/C/C=C/CCCCCCCCCCCCCC(=O)OC(COCCC(C(=O)O)[N+](C)(C)C)COC(=O)CCCCCCCCCCCCCCCCCCCCC. The maximum atomic E-state index is 12.8. The molecule has 0 heterocycles. The van der Waals surface area contributed by atoms with E-state index in [1.807, 2.05) is 21.1 Å². The normalized spacial score (nSPS) is 13.1. The van der Waals surface area contributed by atoms with Gasteiger partial charge in [0.2, 0.25) is 0 Å². The second-order valence-electron chi connectivity index (χ2n) is 19.5. The predicted octanol–water partition coefficient (Wildman–Crippen LogP) is 15.8. The van der Waals surface area contributed by atoms with E-state index in [9.17, 15) is 19.5 Å². The van der Waals surface area contributed by atoms with E-state index in [4.69, 9.17) is 14.2 Å². The highest BCUT2D eigenvalue weighted by molar-refractivity contribution is 5.72. The van der Waals surface area contributed by atoms with E-state index in [1.165, 1.54) is 161 Å². The lowest BCUT2D eigenvalue weighted by Gasteiger charge is -2.31. The van der Waals surface area contributed by atoms with Crippen LogP contribution in [0.4, 0.5) is 0 Å². The van der Waals surface area contributed by atoms with E-state index < -0.39 is 18.1 Å². The molecule has 0 spiro atoms. The van der Waals surface area contributed by atoms with Gasteiger partial charge < -0.3 is 23.8 Å². The fourth-order valence-electron chi connectivity index (χ4n) is 8.17. The van der Waals surface area contributed by atoms with Gasteiger partial charge in [0.25, 0.3) is 0 Å². The van der Waals surface area contributed by atoms with Crippen LogP contribution in [0.15, 0.2) is 36.5 Å². The number of carboxylic acids is 1. The molecule has 64 heavy (non-hydrogen) atoms. The summed E-state index contributed by atoms with van der Waals surface area (Å²) in [7, 11) is 5.55. The van der Waals surface area contributed by atoms with Gasteiger partial charge in [0.1, 0.15) is 6.61 Å². The molecule has 0 aliphatic carbocycles. The standard InChI is InChI=1S/C56H103NO7/c1-6-8-10-12-14-16-18-20-22-24-26-27-29-31-33-35-37-39-41-43-45-47-55(59)64-52(50-62-49-48-53(56(60)61)57(3,4)5)51-63-54(58)46-44-42-40-38-36-34-32-30-28-25-23-21-19-17-15-13-11-9-7-2/h8,10,14,16,20,22,52-53H,6-7,9,11-13,15,17-19,21,23-51H2,1-5H3/p+1/b10-8+,16-14+,22-20+. The van der Waals surface area contributed by atoms with E-state index in [1.54, 1.807) is 0 Å². The Bertz CT molecular complexity index is 1140. The maximum Gasteiger partial charge on any atom is 0.362 e. The summed E-state index contributed by atoms with van der Waals surface area (Å²) in [6.07, 6.45) is 56.2. The quantitative estimate of drug-likeness (QED) is 0.0281. The van der Waals surface area contributed by atoms with Crippen LogP contribution in [0.2, 0.25) is 0 Å². The number of esters is 2. The third-order valence-corrected chi connectivity index (χ3v) is 12.3. The zero-order valence-corrected chi connectivity index (χ0v) is 42.7. The Hall–Kier alpha value is -2.45. The summed E-state index contributed by atoms with van der Waals surface area (Å²) in [6.45, 7) is 4.67. The fraction of sp³-hybridized carbons (Fsp3) is 0.839. The van der Waals surface area contributed by atoms with Crippen LogP contribution < -0.4 is 0 Å². The summed E-state index contributed by atoms with van der Waals surface area (Å²) in [5, 5.41) is 9.66. The number of aliphatic carboxylic acids is 1. The Morgan fingerprint density at radius 2 is 0.875 bits per heavy atom. The van der Waals surface area contributed by atoms with Crippen molar-refractivity contribution in [3.05, 3.63) is 36.5 Å². The summed E-state index contributed by atoms with van der Waals surface area (Å²) in [6, 6.07) is -0.614. The summed E-state index contributed by atoms with van der Waals surface area (Å²) in [4.78, 5) is 37.2. The van der Waals surface area contributed by atoms with Crippen LogP contribution in [0.25, 0.3) is 0 Å². The van der Waals surface area contributed by atoms with Gasteiger partial charge in [0.15, 0.2) is 12.1 Å². The van der Waals surface area contributed by atoms with Crippen molar-refractivity contribution in [3.63, 3.8) is 0 Å². The number of hydrogen-bond donors (Lipinski definition) is 1. The Labute approximate surface area is 395 Å². The van der Waals surface area contributed by atoms with Crippen molar-refractivity contribution in [2.24, 2.45) is 0 Å². The van der Waals surface area contributed by atoms with Crippen LogP contribution >= 0.6 is 0 Å². The first-order valence-corrected chi connectivity index (χ1v) is 27.0. The molecular weight excluding hydrogens is 799 g/mol. The number of quaternary nitrogens is 1. The van der Waals surface area contributed by atoms with E-state index in [2.05, 4.69) is 50.3 Å². The van der Waals surface area contributed by atoms with Gasteiger partial charge in [-0.3, -0.25) is 9.59 Å². The van der Waals surface area contributed by atoms with Crippen LogP contribution in [0.1, 0.15) is 251 Å². The molecule has 0 aliphatic heterocycles. The number of rotatable bonds is 49. The molecule has 0 aromatic heterocycles. The lowest BCUT2D eigenvalue weighted by Crippen LogP contribution is -2.50. The van der Waals surface area contributed by atoms with Crippen molar-refractivity contribution >= 4 is 17.9 Å². The lowest BCUT2D eigenvalue weighted by molar-refractivity contribution is -0.887. The molecule has 0 aromatic rings. The van der Waals surface area contributed by atoms with E-state index in [-0.39, 0.29) is 36.2 Å². The van der Waals surface area contributed by atoms with Crippen molar-refractivity contribution in [2.75, 3.05) is 41.0 Å². The molecule has 1 N–H and O–H groups in total. The number of carbonyl (C=O) groups is 3. The topological polar surface area (TPSA) is 99.1 Å². The van der Waals surface area contributed by atoms with Crippen molar-refractivity contribution in [2.45, 2.75) is 264 Å². The van der Waals surface area contributed by atoms with E-state index in [0.717, 1.165) is 57.8 Å². The van der Waals surface area contributed by atoms with Gasteiger partial charge in [-0.1, -0.05) is 224 Å². The number of unbranched alkanes of at least 4 members (excludes halogenated alkanes) is 29. The zero-order valence-electron chi connectivity index (χ0n) is 42.7. The second kappa shape index (κ2) is 47.1. The summed E-state index contributed by atoms with van der Waals surface area (Å²) in [5.74, 6) is -1.45. The molecule has 0 saturated heterocycles. The molecule has 0 rings (SSSR count). The van der Waals surface area contributed by atoms with E-state index in [0.29, 0.717) is 19.3 Å². The molecule has 8 heteroatoms. The Morgan fingerprint density at radius 1 is 0.484 bits per heavy atom. The molecule has 0 aromatic carbocycles. The van der Waals surface area contributed by atoms with Crippen LogP contribution in [-0.4, -0.2) is 80.6 Å². The van der Waals surface area contributed by atoms with Gasteiger partial charge in [-0.25, -0.2) is 4.79 Å². The molecule has 0 aliphatic rings. The van der Waals surface area contributed by atoms with Gasteiger partial charge in [-0.15, -0.1) is 0 Å². The number of hydrogen-bond acceptors (Lipinski definition) is 6. The van der Waals surface area contributed by atoms with Gasteiger partial charge in [0.05, 0.1) is 34.4 Å². The first-order chi connectivity index (χ1) is 31.1. The zero-order chi connectivity index (χ0) is 47.0. The van der Waals surface area contributed by atoms with Crippen molar-refractivity contribution in [3.8, 4) is 0 Å². The molecule has 8 nitrogen and oxygen atoms in total. The van der Waals surface area contributed by atoms with Gasteiger partial charge in [-0.2, -0.15) is 0 Å². The van der Waals surface area contributed by atoms with Gasteiger partial charge in [0, 0.05) is 19.3 Å². The van der Waals surface area contributed by atoms with Crippen molar-refractivity contribution < 1.29 is 38.2 Å². The smallest absolute Gasteiger partial charge is 0.362 e. The van der Waals surface area contributed by atoms with Crippen molar-refractivity contribution in [1.82, 2.24) is 0 Å². The molecule has 2 atom stereocenters. The lowest BCUT2D eigenvalue weighted by atomic mass is 10.0. The maximum absolute atomic E-state index is 12.8. The molecule has 0 bridgehead atoms. The minimum atomic E-state index is -0.872. The summed E-state index contributed by atoms with van der Waals surface area (Å²) < 4.78 is 17.4. The average molecular weight is 903 g/mol. The largest absolute Gasteiger partial charge is 0.477 e. The average Bonchev–Trinajstić information content (AvgIpc) is 3.26. The Balaban J connectivity index is 4.18. The molecular formula is C56H104NO7+. The fourth-order valence-corrected chi connectivity index (χ4v) is 8.17. The molecule has 374 valence electrons. The monoisotopic (exact) mass is 903 g/mol. The summed E-state index contributed by atoms with van der Waals surface area (Å²) >= 11 is 0. The summed E-state index contributed by atoms with van der Waals surface area (Å²) in [5.41, 5.74) is 0. The number of carboxylic acid groups (broad SMARTS) is 1. The number of allylic oxidation sites excluding steroid dienone is 6.